The maximum absolute atomic E-state index is 12.1. The summed E-state index contributed by atoms with van der Waals surface area (Å²) in [4.78, 5) is 22.4. The number of nitrogens with zero attached hydrogens (tertiary/aromatic N) is 2. The first kappa shape index (κ1) is 18.5. The molecule has 0 spiro atoms. The zero-order valence-electron chi connectivity index (χ0n) is 12.7. The number of carbonyl (C=O) groups excluding carboxylic acids is 1. The van der Waals surface area contributed by atoms with Gasteiger partial charge in [0.1, 0.15) is 16.7 Å². The normalized spacial score (nSPS) is 10.8. The fourth-order valence-electron chi connectivity index (χ4n) is 1.95. The van der Waals surface area contributed by atoms with Gasteiger partial charge in [0.2, 0.25) is 0 Å². The molecule has 0 atom stereocenters. The number of nitrogens with one attached hydrogen (secondary N) is 1. The lowest BCUT2D eigenvalue weighted by molar-refractivity contribution is -0.384. The Bertz CT molecular complexity index is 887. The number of hydrogen-bond donors (Lipinski definition) is 1. The molecule has 1 N–H and O–H groups in total. The molecule has 0 aliphatic rings. The van der Waals surface area contributed by atoms with Crippen LogP contribution in [-0.2, 0) is 11.3 Å². The standard InChI is InChI=1S/C17H11Cl2N3O3/c18-14-4-1-11(2-5-14)10-21-17(23)13(9-20)7-12-3-6-15(19)16(8-12)22(24)25/h1-8H,10H2,(H,21,23)/b13-7+. The molecule has 2 aromatic rings. The Morgan fingerprint density at radius 3 is 2.52 bits per heavy atom. The molecule has 2 rings (SSSR count). The number of halogens is 2. The van der Waals surface area contributed by atoms with Gasteiger partial charge < -0.3 is 5.32 Å². The first-order valence-corrected chi connectivity index (χ1v) is 7.74. The number of benzene rings is 2. The molecule has 126 valence electrons. The first-order valence-electron chi connectivity index (χ1n) is 6.99. The fraction of sp³-hybridized carbons (Fsp3) is 0.0588. The molecule has 0 aromatic heterocycles. The molecule has 0 radical (unpaired) electrons. The van der Waals surface area contributed by atoms with Crippen LogP contribution in [0.3, 0.4) is 0 Å². The van der Waals surface area contributed by atoms with Gasteiger partial charge >= 0.3 is 0 Å². The van der Waals surface area contributed by atoms with Crippen molar-refractivity contribution in [2.45, 2.75) is 6.54 Å². The second-order valence-corrected chi connectivity index (χ2v) is 5.79. The molecule has 1 amide bonds. The Morgan fingerprint density at radius 1 is 1.24 bits per heavy atom. The largest absolute Gasteiger partial charge is 0.347 e. The summed E-state index contributed by atoms with van der Waals surface area (Å²) in [7, 11) is 0. The number of nitro groups is 1. The number of amides is 1. The van der Waals surface area contributed by atoms with Gasteiger partial charge in [0, 0.05) is 17.6 Å². The van der Waals surface area contributed by atoms with E-state index in [0.29, 0.717) is 10.6 Å². The lowest BCUT2D eigenvalue weighted by Crippen LogP contribution is -2.23. The third kappa shape index (κ3) is 5.05. The number of rotatable bonds is 5. The predicted molar refractivity (Wildman–Crippen MR) is 95.0 cm³/mol. The summed E-state index contributed by atoms with van der Waals surface area (Å²) in [5.41, 5.74) is 0.673. The third-order valence-corrected chi connectivity index (χ3v) is 3.78. The summed E-state index contributed by atoms with van der Waals surface area (Å²) in [6.45, 7) is 0.218. The minimum absolute atomic E-state index is 0.0205. The molecule has 0 aliphatic heterocycles. The van der Waals surface area contributed by atoms with Crippen molar-refractivity contribution < 1.29 is 9.72 Å². The number of hydrogen-bond acceptors (Lipinski definition) is 4. The van der Waals surface area contributed by atoms with Gasteiger partial charge in [-0.15, -0.1) is 0 Å². The molecule has 0 saturated heterocycles. The molecular formula is C17H11Cl2N3O3. The quantitative estimate of drug-likeness (QED) is 0.367. The van der Waals surface area contributed by atoms with E-state index in [1.165, 1.54) is 24.3 Å². The molecule has 6 nitrogen and oxygen atoms in total. The molecule has 0 aliphatic carbocycles. The molecular weight excluding hydrogens is 365 g/mol. The Kier molecular flexibility index (Phi) is 6.12. The van der Waals surface area contributed by atoms with E-state index in [0.717, 1.165) is 5.56 Å². The van der Waals surface area contributed by atoms with E-state index in [-0.39, 0.29) is 22.8 Å². The topological polar surface area (TPSA) is 96.0 Å². The van der Waals surface area contributed by atoms with E-state index in [4.69, 9.17) is 28.5 Å². The van der Waals surface area contributed by atoms with Gasteiger partial charge in [0.25, 0.3) is 11.6 Å². The van der Waals surface area contributed by atoms with E-state index < -0.39 is 10.8 Å². The molecule has 0 unspecified atom stereocenters. The van der Waals surface area contributed by atoms with Crippen LogP contribution in [0, 0.1) is 21.4 Å². The van der Waals surface area contributed by atoms with Crippen molar-refractivity contribution in [3.8, 4) is 6.07 Å². The summed E-state index contributed by atoms with van der Waals surface area (Å²) in [6, 6.07) is 12.7. The number of carbonyl (C=O) groups is 1. The summed E-state index contributed by atoms with van der Waals surface area (Å²) in [5, 5.41) is 23.2. The first-order chi connectivity index (χ1) is 11.9. The van der Waals surface area contributed by atoms with Crippen molar-refractivity contribution in [2.75, 3.05) is 0 Å². The van der Waals surface area contributed by atoms with Crippen molar-refractivity contribution in [3.05, 3.63) is 79.3 Å². The molecule has 25 heavy (non-hydrogen) atoms. The van der Waals surface area contributed by atoms with Crippen LogP contribution in [0.25, 0.3) is 6.08 Å². The molecule has 0 fully saturated rings. The highest BCUT2D eigenvalue weighted by Gasteiger charge is 2.14. The average molecular weight is 376 g/mol. The second-order valence-electron chi connectivity index (χ2n) is 4.95. The van der Waals surface area contributed by atoms with Gasteiger partial charge in [-0.2, -0.15) is 5.26 Å². The van der Waals surface area contributed by atoms with Gasteiger partial charge in [-0.1, -0.05) is 41.4 Å². The van der Waals surface area contributed by atoms with E-state index in [1.807, 2.05) is 0 Å². The Balaban J connectivity index is 2.15. The van der Waals surface area contributed by atoms with Crippen LogP contribution < -0.4 is 5.32 Å². The monoisotopic (exact) mass is 375 g/mol. The Morgan fingerprint density at radius 2 is 1.92 bits per heavy atom. The molecule has 0 saturated carbocycles. The van der Waals surface area contributed by atoms with Crippen LogP contribution in [0.2, 0.25) is 10.0 Å². The average Bonchev–Trinajstić information content (AvgIpc) is 2.60. The SMILES string of the molecule is N#C/C(=C\c1ccc(Cl)c([N+](=O)[O-])c1)C(=O)NCc1ccc(Cl)cc1. The summed E-state index contributed by atoms with van der Waals surface area (Å²) in [5.74, 6) is -0.588. The highest BCUT2D eigenvalue weighted by molar-refractivity contribution is 6.32. The minimum Gasteiger partial charge on any atom is -0.347 e. The van der Waals surface area contributed by atoms with Crippen LogP contribution >= 0.6 is 23.2 Å². The summed E-state index contributed by atoms with van der Waals surface area (Å²) >= 11 is 11.5. The highest BCUT2D eigenvalue weighted by atomic mass is 35.5. The van der Waals surface area contributed by atoms with Crippen molar-refractivity contribution >= 4 is 40.9 Å². The van der Waals surface area contributed by atoms with E-state index in [2.05, 4.69) is 5.32 Å². The van der Waals surface area contributed by atoms with Crippen molar-refractivity contribution in [1.29, 1.82) is 5.26 Å². The minimum atomic E-state index is -0.633. The van der Waals surface area contributed by atoms with E-state index in [1.54, 1.807) is 30.3 Å². The number of nitro benzene ring substituents is 1. The lowest BCUT2D eigenvalue weighted by Gasteiger charge is -2.05. The lowest BCUT2D eigenvalue weighted by atomic mass is 10.1. The van der Waals surface area contributed by atoms with Crippen molar-refractivity contribution in [2.24, 2.45) is 0 Å². The molecule has 0 bridgehead atoms. The van der Waals surface area contributed by atoms with Gasteiger partial charge in [0.05, 0.1) is 4.92 Å². The van der Waals surface area contributed by atoms with Crippen LogP contribution in [-0.4, -0.2) is 10.8 Å². The van der Waals surface area contributed by atoms with Crippen LogP contribution in [0.5, 0.6) is 0 Å². The molecule has 8 heteroatoms. The van der Waals surface area contributed by atoms with Gasteiger partial charge in [0.15, 0.2) is 0 Å². The second kappa shape index (κ2) is 8.29. The zero-order chi connectivity index (χ0) is 18.4. The van der Waals surface area contributed by atoms with E-state index in [9.17, 15) is 14.9 Å². The van der Waals surface area contributed by atoms with Gasteiger partial charge in [-0.25, -0.2) is 0 Å². The van der Waals surface area contributed by atoms with Gasteiger partial charge in [-0.05, 0) is 35.4 Å². The number of nitriles is 1. The third-order valence-electron chi connectivity index (χ3n) is 3.21. The Labute approximate surface area is 153 Å². The Hall–Kier alpha value is -2.88. The smallest absolute Gasteiger partial charge is 0.288 e. The van der Waals surface area contributed by atoms with Crippen LogP contribution in [0.15, 0.2) is 48.0 Å². The van der Waals surface area contributed by atoms with Gasteiger partial charge in [-0.3, -0.25) is 14.9 Å². The zero-order valence-corrected chi connectivity index (χ0v) is 14.2. The summed E-state index contributed by atoms with van der Waals surface area (Å²) < 4.78 is 0. The predicted octanol–water partition coefficient (Wildman–Crippen LogP) is 4.12. The van der Waals surface area contributed by atoms with Crippen LogP contribution in [0.1, 0.15) is 11.1 Å². The fourth-order valence-corrected chi connectivity index (χ4v) is 2.27. The summed E-state index contributed by atoms with van der Waals surface area (Å²) in [6.07, 6.45) is 1.26. The molecule has 0 heterocycles. The van der Waals surface area contributed by atoms with Crippen LogP contribution in [0.4, 0.5) is 5.69 Å². The van der Waals surface area contributed by atoms with Crippen molar-refractivity contribution in [3.63, 3.8) is 0 Å². The van der Waals surface area contributed by atoms with E-state index >= 15 is 0 Å². The highest BCUT2D eigenvalue weighted by Crippen LogP contribution is 2.26. The maximum Gasteiger partial charge on any atom is 0.288 e. The maximum atomic E-state index is 12.1. The van der Waals surface area contributed by atoms with Crippen molar-refractivity contribution in [1.82, 2.24) is 5.32 Å². The molecule has 2 aromatic carbocycles.